The molecular formula is C50H66F2N6O17. The lowest BCUT2D eigenvalue weighted by atomic mass is 10.00. The zero-order valence-corrected chi connectivity index (χ0v) is 42.3. The molecular weight excluding hydrogens is 995 g/mol. The topological polar surface area (TPSA) is 280 Å². The van der Waals surface area contributed by atoms with E-state index in [-0.39, 0.29) is 69.2 Å². The van der Waals surface area contributed by atoms with Gasteiger partial charge in [0.1, 0.15) is 23.2 Å². The first-order valence-corrected chi connectivity index (χ1v) is 24.1. The third-order valence-electron chi connectivity index (χ3n) is 11.2. The summed E-state index contributed by atoms with van der Waals surface area (Å²) in [5.41, 5.74) is -0.338. The molecule has 0 radical (unpaired) electrons. The minimum absolute atomic E-state index is 0.0230. The standard InChI is InChI=1S/C50H66F2N6O17/c1-34-45(48(64)57(3)50(67)56(34)2)37-6-4-35(5-7-37)32-40(49(65)66)55-47(63)46-38(51)30-36(31-39(46)52)33-54-42(60)11-14-68-16-18-70-20-22-72-24-26-74-28-29-75-27-25-73-23-21-71-19-17-69-15-12-53-41(59)10-13-58-43(61)8-9-44(58)62/h4-9,30-31,40H,10-29,32-33H2,1-3H3,(H,53,59)(H,54,60)(H,55,63)(H,65,66). The molecule has 0 saturated carbocycles. The molecule has 0 bridgehead atoms. The van der Waals surface area contributed by atoms with Gasteiger partial charge in [0.15, 0.2) is 0 Å². The van der Waals surface area contributed by atoms with Gasteiger partial charge in [-0.25, -0.2) is 18.4 Å². The Bertz CT molecular complexity index is 2480. The van der Waals surface area contributed by atoms with E-state index < -0.39 is 64.1 Å². The van der Waals surface area contributed by atoms with Crippen LogP contribution in [-0.2, 0) is 88.9 Å². The fourth-order valence-electron chi connectivity index (χ4n) is 7.01. The molecule has 25 heteroatoms. The Morgan fingerprint density at radius 1 is 0.600 bits per heavy atom. The lowest BCUT2D eigenvalue weighted by Crippen LogP contribution is -2.43. The van der Waals surface area contributed by atoms with Crippen molar-refractivity contribution in [1.29, 1.82) is 0 Å². The maximum atomic E-state index is 15.1. The fourth-order valence-corrected chi connectivity index (χ4v) is 7.01. The van der Waals surface area contributed by atoms with E-state index in [0.717, 1.165) is 21.6 Å². The van der Waals surface area contributed by atoms with E-state index in [1.807, 2.05) is 0 Å². The summed E-state index contributed by atoms with van der Waals surface area (Å²) in [5.74, 6) is -6.84. The Morgan fingerprint density at radius 3 is 1.53 bits per heavy atom. The van der Waals surface area contributed by atoms with Crippen molar-refractivity contribution in [2.45, 2.75) is 38.8 Å². The average molecular weight is 1060 g/mol. The number of halogens is 2. The molecule has 75 heavy (non-hydrogen) atoms. The van der Waals surface area contributed by atoms with Crippen LogP contribution < -0.4 is 27.2 Å². The van der Waals surface area contributed by atoms with Gasteiger partial charge in [0.25, 0.3) is 23.3 Å². The van der Waals surface area contributed by atoms with Crippen LogP contribution in [0.3, 0.4) is 0 Å². The van der Waals surface area contributed by atoms with Crippen LogP contribution in [0.2, 0.25) is 0 Å². The second-order valence-electron chi connectivity index (χ2n) is 16.6. The molecule has 0 aliphatic carbocycles. The van der Waals surface area contributed by atoms with Crippen molar-refractivity contribution in [2.24, 2.45) is 14.1 Å². The summed E-state index contributed by atoms with van der Waals surface area (Å²) in [4.78, 5) is 98.2. The molecule has 2 heterocycles. The quantitative estimate of drug-likeness (QED) is 0.0445. The minimum atomic E-state index is -1.57. The van der Waals surface area contributed by atoms with Crippen molar-refractivity contribution in [2.75, 3.05) is 119 Å². The second-order valence-corrected chi connectivity index (χ2v) is 16.6. The van der Waals surface area contributed by atoms with Crippen LogP contribution in [0.1, 0.15) is 40.0 Å². The van der Waals surface area contributed by atoms with Crippen molar-refractivity contribution in [1.82, 2.24) is 30.0 Å². The van der Waals surface area contributed by atoms with Gasteiger partial charge in [-0.2, -0.15) is 0 Å². The molecule has 3 aromatic rings. The number of nitrogens with zero attached hydrogens (tertiary/aromatic N) is 3. The molecule has 1 aliphatic heterocycles. The van der Waals surface area contributed by atoms with Gasteiger partial charge in [-0.15, -0.1) is 0 Å². The first-order chi connectivity index (χ1) is 36.1. The van der Waals surface area contributed by atoms with E-state index in [1.54, 1.807) is 31.2 Å². The van der Waals surface area contributed by atoms with Crippen LogP contribution in [0.15, 0.2) is 58.1 Å². The Hall–Kier alpha value is -6.58. The zero-order valence-electron chi connectivity index (χ0n) is 42.3. The number of carboxylic acid groups (broad SMARTS) is 1. The van der Waals surface area contributed by atoms with Crippen molar-refractivity contribution in [3.05, 3.63) is 103 Å². The first kappa shape index (κ1) is 61.0. The van der Waals surface area contributed by atoms with Gasteiger partial charge < -0.3 is 63.5 Å². The molecule has 4 rings (SSSR count). The lowest BCUT2D eigenvalue weighted by molar-refractivity contribution is -0.139. The second kappa shape index (κ2) is 33.4. The number of rotatable bonds is 38. The van der Waals surface area contributed by atoms with Crippen LogP contribution in [0.4, 0.5) is 8.78 Å². The van der Waals surface area contributed by atoms with Crippen molar-refractivity contribution in [3.63, 3.8) is 0 Å². The van der Waals surface area contributed by atoms with Gasteiger partial charge in [0.2, 0.25) is 11.8 Å². The number of ether oxygens (including phenoxy) is 8. The van der Waals surface area contributed by atoms with Crippen LogP contribution >= 0.6 is 0 Å². The van der Waals surface area contributed by atoms with Gasteiger partial charge in [0, 0.05) is 70.8 Å². The molecule has 1 aromatic heterocycles. The summed E-state index contributed by atoms with van der Waals surface area (Å²) < 4.78 is 75.9. The number of carboxylic acids is 1. The van der Waals surface area contributed by atoms with E-state index in [2.05, 4.69) is 16.0 Å². The molecule has 5 amide bonds. The molecule has 1 unspecified atom stereocenters. The van der Waals surface area contributed by atoms with Crippen molar-refractivity contribution < 1.29 is 80.5 Å². The SMILES string of the molecule is Cc1c(-c2ccc(CC(NC(=O)c3c(F)cc(CNC(=O)CCOCCOCCOCCOCCOCCOCCOCCOCCNC(=O)CCN4C(=O)C=CC4=O)cc3F)C(=O)O)cc2)c(=O)n(C)c(=O)n1C. The minimum Gasteiger partial charge on any atom is -0.480 e. The van der Waals surface area contributed by atoms with Gasteiger partial charge >= 0.3 is 11.7 Å². The Labute approximate surface area is 431 Å². The highest BCUT2D eigenvalue weighted by atomic mass is 19.1. The largest absolute Gasteiger partial charge is 0.480 e. The number of imide groups is 1. The molecule has 2 aromatic carbocycles. The van der Waals surface area contributed by atoms with E-state index in [0.29, 0.717) is 109 Å². The number of carbonyl (C=O) groups excluding carboxylic acids is 5. The van der Waals surface area contributed by atoms with Gasteiger partial charge in [-0.05, 0) is 35.7 Å². The molecule has 23 nitrogen and oxygen atoms in total. The van der Waals surface area contributed by atoms with Crippen LogP contribution in [0, 0.1) is 18.6 Å². The average Bonchev–Trinajstić information content (AvgIpc) is 3.71. The van der Waals surface area contributed by atoms with Crippen LogP contribution in [0.25, 0.3) is 11.1 Å². The third kappa shape index (κ3) is 21.3. The number of nitrogens with one attached hydrogen (secondary N) is 3. The summed E-state index contributed by atoms with van der Waals surface area (Å²) in [6, 6.07) is 6.39. The predicted octanol–water partition coefficient (Wildman–Crippen LogP) is 0.334. The summed E-state index contributed by atoms with van der Waals surface area (Å²) in [5, 5.41) is 17.2. The van der Waals surface area contributed by atoms with E-state index in [4.69, 9.17) is 37.9 Å². The third-order valence-corrected chi connectivity index (χ3v) is 11.2. The smallest absolute Gasteiger partial charge is 0.330 e. The van der Waals surface area contributed by atoms with Gasteiger partial charge in [-0.3, -0.25) is 38.2 Å². The highest BCUT2D eigenvalue weighted by molar-refractivity contribution is 6.13. The normalized spacial score (nSPS) is 12.6. The summed E-state index contributed by atoms with van der Waals surface area (Å²) >= 11 is 0. The Morgan fingerprint density at radius 2 is 1.05 bits per heavy atom. The molecule has 1 aliphatic rings. The predicted molar refractivity (Wildman–Crippen MR) is 263 cm³/mol. The number of hydrogen-bond acceptors (Lipinski definition) is 16. The summed E-state index contributed by atoms with van der Waals surface area (Å²) in [6.07, 6.45) is 2.07. The Kier molecular flexibility index (Phi) is 27.1. The van der Waals surface area contributed by atoms with Crippen molar-refractivity contribution >= 4 is 35.5 Å². The molecule has 0 spiro atoms. The maximum Gasteiger partial charge on any atom is 0.330 e. The molecule has 0 saturated heterocycles. The highest BCUT2D eigenvalue weighted by Crippen LogP contribution is 2.21. The number of aliphatic carboxylic acids is 1. The fraction of sp³-hybridized carbons (Fsp3) is 0.520. The van der Waals surface area contributed by atoms with E-state index >= 15 is 8.78 Å². The summed E-state index contributed by atoms with van der Waals surface area (Å²) in [7, 11) is 2.89. The number of aromatic nitrogens is 2. The monoisotopic (exact) mass is 1060 g/mol. The zero-order chi connectivity index (χ0) is 54.5. The first-order valence-electron chi connectivity index (χ1n) is 24.1. The Balaban J connectivity index is 0.925. The number of carbonyl (C=O) groups is 6. The lowest BCUT2D eigenvalue weighted by Gasteiger charge is -2.16. The van der Waals surface area contributed by atoms with Crippen molar-refractivity contribution in [3.8, 4) is 11.1 Å². The molecule has 0 fully saturated rings. The number of hydrogen-bond donors (Lipinski definition) is 4. The van der Waals surface area contributed by atoms with E-state index in [1.165, 1.54) is 30.8 Å². The molecule has 1 atom stereocenters. The van der Waals surface area contributed by atoms with E-state index in [9.17, 15) is 43.5 Å². The molecule has 412 valence electrons. The van der Waals surface area contributed by atoms with Gasteiger partial charge in [0.05, 0.1) is 111 Å². The molecule has 4 N–H and O–H groups in total. The number of amides is 5. The maximum absolute atomic E-state index is 15.1. The van der Waals surface area contributed by atoms with Crippen LogP contribution in [-0.4, -0.2) is 179 Å². The summed E-state index contributed by atoms with van der Waals surface area (Å²) in [6.45, 7) is 6.98. The number of benzene rings is 2. The van der Waals surface area contributed by atoms with Gasteiger partial charge in [-0.1, -0.05) is 24.3 Å². The van der Waals surface area contributed by atoms with Crippen LogP contribution in [0.5, 0.6) is 0 Å². The highest BCUT2D eigenvalue weighted by Gasteiger charge is 2.27.